The van der Waals surface area contributed by atoms with Crippen LogP contribution in [0.5, 0.6) is 0 Å². The molecule has 0 spiro atoms. The molecule has 1 aromatic carbocycles. The van der Waals surface area contributed by atoms with Crippen LogP contribution in [0.3, 0.4) is 0 Å². The van der Waals surface area contributed by atoms with Crippen LogP contribution in [0.1, 0.15) is 35.3 Å². The zero-order valence-corrected chi connectivity index (χ0v) is 12.8. The maximum Gasteiger partial charge on any atom is 0.224 e. The number of rotatable bonds is 1. The van der Waals surface area contributed by atoms with Gasteiger partial charge in [-0.3, -0.25) is 0 Å². The summed E-state index contributed by atoms with van der Waals surface area (Å²) in [6, 6.07) is 8.94. The number of halogens is 1. The van der Waals surface area contributed by atoms with E-state index in [0.29, 0.717) is 11.3 Å². The van der Waals surface area contributed by atoms with E-state index in [1.54, 1.807) is 0 Å². The summed E-state index contributed by atoms with van der Waals surface area (Å²) in [6.45, 7) is 7.23. The normalized spacial score (nSPS) is 18.0. The monoisotopic (exact) mass is 287 g/mol. The summed E-state index contributed by atoms with van der Waals surface area (Å²) in [4.78, 5) is 11.0. The van der Waals surface area contributed by atoms with Gasteiger partial charge in [0.05, 0.1) is 6.04 Å². The molecular formula is C16H18ClN3. The quantitative estimate of drug-likeness (QED) is 0.746. The van der Waals surface area contributed by atoms with Gasteiger partial charge in [0.2, 0.25) is 5.28 Å². The third kappa shape index (κ3) is 2.16. The molecule has 0 fully saturated rings. The SMILES string of the molecule is Cc1nc(Cl)nc(N2CCc3ccccc3[C@@H]2C)c1C. The molecule has 1 aliphatic heterocycles. The number of benzene rings is 1. The van der Waals surface area contributed by atoms with E-state index in [-0.39, 0.29) is 0 Å². The van der Waals surface area contributed by atoms with E-state index >= 15 is 0 Å². The topological polar surface area (TPSA) is 29.0 Å². The smallest absolute Gasteiger partial charge is 0.224 e. The van der Waals surface area contributed by atoms with E-state index in [1.807, 2.05) is 6.92 Å². The fraction of sp³-hybridized carbons (Fsp3) is 0.375. The van der Waals surface area contributed by atoms with Gasteiger partial charge in [-0.05, 0) is 49.9 Å². The Morgan fingerprint density at radius 1 is 1.20 bits per heavy atom. The van der Waals surface area contributed by atoms with Gasteiger partial charge in [0.1, 0.15) is 5.82 Å². The lowest BCUT2D eigenvalue weighted by atomic mass is 9.93. The molecule has 104 valence electrons. The molecule has 1 aromatic heterocycles. The molecule has 3 nitrogen and oxygen atoms in total. The molecule has 0 saturated carbocycles. The Balaban J connectivity index is 2.05. The Bertz CT molecular complexity index is 654. The number of fused-ring (bicyclic) bond motifs is 1. The zero-order valence-electron chi connectivity index (χ0n) is 12.0. The van der Waals surface area contributed by atoms with Crippen molar-refractivity contribution in [3.8, 4) is 0 Å². The summed E-state index contributed by atoms with van der Waals surface area (Å²) in [6.07, 6.45) is 1.04. The highest BCUT2D eigenvalue weighted by atomic mass is 35.5. The van der Waals surface area contributed by atoms with Crippen LogP contribution < -0.4 is 4.90 Å². The molecule has 1 atom stereocenters. The third-order valence-corrected chi connectivity index (χ3v) is 4.37. The minimum Gasteiger partial charge on any atom is -0.349 e. The van der Waals surface area contributed by atoms with Crippen molar-refractivity contribution in [1.29, 1.82) is 0 Å². The first-order valence-electron chi connectivity index (χ1n) is 6.93. The van der Waals surface area contributed by atoms with Crippen molar-refractivity contribution in [1.82, 2.24) is 9.97 Å². The molecule has 1 aliphatic rings. The number of nitrogens with zero attached hydrogens (tertiary/aromatic N) is 3. The van der Waals surface area contributed by atoms with Gasteiger partial charge in [-0.1, -0.05) is 24.3 Å². The largest absolute Gasteiger partial charge is 0.349 e. The summed E-state index contributed by atoms with van der Waals surface area (Å²) in [5.74, 6) is 0.963. The fourth-order valence-electron chi connectivity index (χ4n) is 2.92. The molecule has 0 aliphatic carbocycles. The summed E-state index contributed by atoms with van der Waals surface area (Å²) in [7, 11) is 0. The second-order valence-electron chi connectivity index (χ2n) is 5.34. The molecule has 0 radical (unpaired) electrons. The molecule has 2 aromatic rings. The molecule has 0 saturated heterocycles. The first-order chi connectivity index (χ1) is 9.58. The van der Waals surface area contributed by atoms with Gasteiger partial charge in [-0.25, -0.2) is 9.97 Å². The average molecular weight is 288 g/mol. The van der Waals surface area contributed by atoms with Crippen LogP contribution in [-0.4, -0.2) is 16.5 Å². The molecule has 3 rings (SSSR count). The van der Waals surface area contributed by atoms with Crippen LogP contribution >= 0.6 is 11.6 Å². The maximum atomic E-state index is 6.04. The highest BCUT2D eigenvalue weighted by Crippen LogP contribution is 2.34. The van der Waals surface area contributed by atoms with E-state index in [9.17, 15) is 0 Å². The minimum absolute atomic E-state index is 0.309. The molecule has 2 heterocycles. The lowest BCUT2D eigenvalue weighted by Crippen LogP contribution is -2.35. The lowest BCUT2D eigenvalue weighted by molar-refractivity contribution is 0.614. The lowest BCUT2D eigenvalue weighted by Gasteiger charge is -2.37. The second-order valence-corrected chi connectivity index (χ2v) is 5.68. The Hall–Kier alpha value is -1.61. The number of anilines is 1. The van der Waals surface area contributed by atoms with Crippen molar-refractivity contribution >= 4 is 17.4 Å². The van der Waals surface area contributed by atoms with E-state index in [4.69, 9.17) is 11.6 Å². The first-order valence-corrected chi connectivity index (χ1v) is 7.31. The van der Waals surface area contributed by atoms with E-state index in [2.05, 4.69) is 53.0 Å². The Morgan fingerprint density at radius 2 is 1.95 bits per heavy atom. The van der Waals surface area contributed by atoms with Gasteiger partial charge in [-0.15, -0.1) is 0 Å². The molecule has 0 bridgehead atoms. The van der Waals surface area contributed by atoms with Crippen molar-refractivity contribution < 1.29 is 0 Å². The summed E-state index contributed by atoms with van der Waals surface area (Å²) in [5, 5.41) is 0.328. The van der Waals surface area contributed by atoms with Crippen molar-refractivity contribution in [2.24, 2.45) is 0 Å². The van der Waals surface area contributed by atoms with Crippen LogP contribution in [0.2, 0.25) is 5.28 Å². The van der Waals surface area contributed by atoms with Gasteiger partial charge < -0.3 is 4.90 Å². The van der Waals surface area contributed by atoms with Crippen molar-refractivity contribution in [2.75, 3.05) is 11.4 Å². The van der Waals surface area contributed by atoms with E-state index in [0.717, 1.165) is 30.0 Å². The summed E-state index contributed by atoms with van der Waals surface area (Å²) >= 11 is 6.04. The fourth-order valence-corrected chi connectivity index (χ4v) is 3.13. The highest BCUT2D eigenvalue weighted by molar-refractivity contribution is 6.28. The predicted octanol–water partition coefficient (Wildman–Crippen LogP) is 3.87. The average Bonchev–Trinajstić information content (AvgIpc) is 2.44. The number of hydrogen-bond acceptors (Lipinski definition) is 3. The van der Waals surface area contributed by atoms with E-state index < -0.39 is 0 Å². The second kappa shape index (κ2) is 5.06. The number of hydrogen-bond donors (Lipinski definition) is 0. The Labute approximate surface area is 124 Å². The van der Waals surface area contributed by atoms with Gasteiger partial charge >= 0.3 is 0 Å². The third-order valence-electron chi connectivity index (χ3n) is 4.20. The first kappa shape index (κ1) is 13.4. The van der Waals surface area contributed by atoms with Crippen molar-refractivity contribution in [2.45, 2.75) is 33.2 Å². The van der Waals surface area contributed by atoms with Crippen molar-refractivity contribution in [3.05, 3.63) is 51.9 Å². The van der Waals surface area contributed by atoms with Crippen LogP contribution in [0.25, 0.3) is 0 Å². The molecular weight excluding hydrogens is 270 g/mol. The summed E-state index contributed by atoms with van der Waals surface area (Å²) in [5.41, 5.74) is 4.88. The maximum absolute atomic E-state index is 6.04. The van der Waals surface area contributed by atoms with Gasteiger partial charge in [0.15, 0.2) is 0 Å². The zero-order chi connectivity index (χ0) is 14.3. The Morgan fingerprint density at radius 3 is 2.75 bits per heavy atom. The summed E-state index contributed by atoms with van der Waals surface area (Å²) < 4.78 is 0. The molecule has 0 amide bonds. The molecule has 20 heavy (non-hydrogen) atoms. The Kier molecular flexibility index (Phi) is 3.38. The number of aryl methyl sites for hydroxylation is 1. The molecule has 0 N–H and O–H groups in total. The van der Waals surface area contributed by atoms with E-state index in [1.165, 1.54) is 11.1 Å². The molecule has 4 heteroatoms. The molecule has 0 unspecified atom stereocenters. The number of aromatic nitrogens is 2. The van der Waals surface area contributed by atoms with Crippen molar-refractivity contribution in [3.63, 3.8) is 0 Å². The van der Waals surface area contributed by atoms with Gasteiger partial charge in [0, 0.05) is 17.8 Å². The highest BCUT2D eigenvalue weighted by Gasteiger charge is 2.26. The van der Waals surface area contributed by atoms with Gasteiger partial charge in [-0.2, -0.15) is 0 Å². The van der Waals surface area contributed by atoms with Crippen LogP contribution in [0.15, 0.2) is 24.3 Å². The minimum atomic E-state index is 0.309. The van der Waals surface area contributed by atoms with Crippen LogP contribution in [0, 0.1) is 13.8 Å². The van der Waals surface area contributed by atoms with Gasteiger partial charge in [0.25, 0.3) is 0 Å². The standard InChI is InChI=1S/C16H18ClN3/c1-10-11(2)18-16(17)19-15(10)20-9-8-13-6-4-5-7-14(13)12(20)3/h4-7,12H,8-9H2,1-3H3/t12-/m0/s1. The predicted molar refractivity (Wildman–Crippen MR) is 82.4 cm³/mol. The van der Waals surface area contributed by atoms with Crippen LogP contribution in [0.4, 0.5) is 5.82 Å². The van der Waals surface area contributed by atoms with Crippen LogP contribution in [-0.2, 0) is 6.42 Å².